The van der Waals surface area contributed by atoms with E-state index in [0.717, 1.165) is 43.1 Å². The highest BCUT2D eigenvalue weighted by molar-refractivity contribution is 7.14. The molecule has 1 aliphatic heterocycles. The van der Waals surface area contributed by atoms with E-state index >= 15 is 0 Å². The van der Waals surface area contributed by atoms with Crippen LogP contribution in [0.5, 0.6) is 0 Å². The van der Waals surface area contributed by atoms with E-state index in [2.05, 4.69) is 16.4 Å². The highest BCUT2D eigenvalue weighted by Gasteiger charge is 2.57. The van der Waals surface area contributed by atoms with Gasteiger partial charge < -0.3 is 9.47 Å². The van der Waals surface area contributed by atoms with Gasteiger partial charge in [0, 0.05) is 23.1 Å². The summed E-state index contributed by atoms with van der Waals surface area (Å²) in [5, 5.41) is 5.10. The van der Waals surface area contributed by atoms with Crippen molar-refractivity contribution in [3.8, 4) is 11.4 Å². The quantitative estimate of drug-likeness (QED) is 0.871. The molecule has 0 spiro atoms. The lowest BCUT2D eigenvalue weighted by Crippen LogP contribution is -2.27. The molecule has 0 radical (unpaired) electrons. The van der Waals surface area contributed by atoms with Gasteiger partial charge in [-0.05, 0) is 51.7 Å². The summed E-state index contributed by atoms with van der Waals surface area (Å²) in [6.07, 6.45) is 1.70. The SMILES string of the molecule is CC(C)(C)OC(=O)Nc1nc(-c2cccc(C34CCOCC3C4)n2)cs1. The fourth-order valence-corrected chi connectivity index (χ4v) is 4.21. The number of thiazole rings is 1. The number of carbonyl (C=O) groups is 1. The van der Waals surface area contributed by atoms with Crippen LogP contribution in [0.25, 0.3) is 11.4 Å². The molecule has 2 unspecified atom stereocenters. The maximum Gasteiger partial charge on any atom is 0.413 e. The van der Waals surface area contributed by atoms with Crippen LogP contribution in [-0.2, 0) is 14.9 Å². The Balaban J connectivity index is 1.50. The Hall–Kier alpha value is -1.99. The Labute approximate surface area is 157 Å². The van der Waals surface area contributed by atoms with Crippen LogP contribution < -0.4 is 5.32 Å². The summed E-state index contributed by atoms with van der Waals surface area (Å²) in [5.41, 5.74) is 2.40. The summed E-state index contributed by atoms with van der Waals surface area (Å²) < 4.78 is 10.8. The molecule has 2 aromatic heterocycles. The molecule has 0 bridgehead atoms. The summed E-state index contributed by atoms with van der Waals surface area (Å²) in [4.78, 5) is 21.3. The third kappa shape index (κ3) is 3.46. The molecule has 1 N–H and O–H groups in total. The van der Waals surface area contributed by atoms with Gasteiger partial charge in [0.05, 0.1) is 12.3 Å². The molecule has 7 heteroatoms. The lowest BCUT2D eigenvalue weighted by Gasteiger charge is -2.22. The average Bonchev–Trinajstić information content (AvgIpc) is 3.17. The average molecular weight is 373 g/mol. The van der Waals surface area contributed by atoms with Gasteiger partial charge in [-0.2, -0.15) is 0 Å². The summed E-state index contributed by atoms with van der Waals surface area (Å²) in [6.45, 7) is 7.14. The second-order valence-electron chi connectivity index (χ2n) is 7.95. The molecule has 4 rings (SSSR count). The van der Waals surface area contributed by atoms with Crippen LogP contribution in [0.1, 0.15) is 39.3 Å². The lowest BCUT2D eigenvalue weighted by atomic mass is 9.93. The molecule has 1 amide bonds. The Kier molecular flexibility index (Phi) is 4.23. The largest absolute Gasteiger partial charge is 0.444 e. The van der Waals surface area contributed by atoms with Gasteiger partial charge >= 0.3 is 6.09 Å². The van der Waals surface area contributed by atoms with Crippen molar-refractivity contribution >= 4 is 22.6 Å². The summed E-state index contributed by atoms with van der Waals surface area (Å²) in [5.74, 6) is 0.596. The second kappa shape index (κ2) is 6.32. The van der Waals surface area contributed by atoms with Crippen molar-refractivity contribution in [2.75, 3.05) is 18.5 Å². The van der Waals surface area contributed by atoms with Gasteiger partial charge in [-0.3, -0.25) is 10.3 Å². The fourth-order valence-electron chi connectivity index (χ4n) is 3.52. The fraction of sp³-hybridized carbons (Fsp3) is 0.526. The molecule has 26 heavy (non-hydrogen) atoms. The van der Waals surface area contributed by atoms with Crippen molar-refractivity contribution < 1.29 is 14.3 Å². The summed E-state index contributed by atoms with van der Waals surface area (Å²) in [7, 11) is 0. The lowest BCUT2D eigenvalue weighted by molar-refractivity contribution is 0.0636. The standard InChI is InChI=1S/C19H23N3O3S/c1-18(2,3)25-17(23)22-16-21-14(11-26-16)13-5-4-6-15(20-13)19-7-8-24-10-12(19)9-19/h4-6,11-12H,7-10H2,1-3H3,(H,21,22,23). The molecule has 1 saturated carbocycles. The Morgan fingerprint density at radius 1 is 1.35 bits per heavy atom. The van der Waals surface area contributed by atoms with E-state index in [4.69, 9.17) is 14.5 Å². The summed E-state index contributed by atoms with van der Waals surface area (Å²) >= 11 is 1.37. The maximum absolute atomic E-state index is 11.9. The number of hydrogen-bond acceptors (Lipinski definition) is 6. The van der Waals surface area contributed by atoms with Crippen LogP contribution in [0.4, 0.5) is 9.93 Å². The molecule has 0 aromatic carbocycles. The first-order valence-corrected chi connectivity index (χ1v) is 9.75. The first-order valence-electron chi connectivity index (χ1n) is 8.87. The minimum atomic E-state index is -0.538. The predicted octanol–water partition coefficient (Wildman–Crippen LogP) is 4.23. The number of nitrogens with zero attached hydrogens (tertiary/aromatic N) is 2. The Bertz CT molecular complexity index is 829. The number of hydrogen-bond donors (Lipinski definition) is 1. The first-order chi connectivity index (χ1) is 12.4. The Morgan fingerprint density at radius 3 is 2.96 bits per heavy atom. The third-order valence-electron chi connectivity index (χ3n) is 4.88. The van der Waals surface area contributed by atoms with Crippen molar-refractivity contribution in [1.29, 1.82) is 0 Å². The molecule has 2 atom stereocenters. The molecule has 2 aliphatic rings. The monoisotopic (exact) mass is 373 g/mol. The number of nitrogens with one attached hydrogen (secondary N) is 1. The smallest absolute Gasteiger partial charge is 0.413 e. The third-order valence-corrected chi connectivity index (χ3v) is 5.63. The topological polar surface area (TPSA) is 73.3 Å². The molecular weight excluding hydrogens is 350 g/mol. The molecular formula is C19H23N3O3S. The molecule has 6 nitrogen and oxygen atoms in total. The van der Waals surface area contributed by atoms with E-state index in [1.165, 1.54) is 11.3 Å². The van der Waals surface area contributed by atoms with Crippen molar-refractivity contribution in [3.63, 3.8) is 0 Å². The van der Waals surface area contributed by atoms with Gasteiger partial charge in [-0.15, -0.1) is 11.3 Å². The van der Waals surface area contributed by atoms with E-state index in [9.17, 15) is 4.79 Å². The zero-order valence-electron chi connectivity index (χ0n) is 15.2. The van der Waals surface area contributed by atoms with Crippen LogP contribution in [0, 0.1) is 5.92 Å². The van der Waals surface area contributed by atoms with Crippen LogP contribution in [-0.4, -0.2) is 34.9 Å². The van der Waals surface area contributed by atoms with E-state index in [-0.39, 0.29) is 5.41 Å². The highest BCUT2D eigenvalue weighted by atomic mass is 32.1. The van der Waals surface area contributed by atoms with Crippen LogP contribution in [0.15, 0.2) is 23.6 Å². The van der Waals surface area contributed by atoms with E-state index in [1.807, 2.05) is 38.3 Å². The normalized spacial score (nSPS) is 24.7. The number of aromatic nitrogens is 2. The molecule has 138 valence electrons. The van der Waals surface area contributed by atoms with Gasteiger partial charge in [-0.25, -0.2) is 9.78 Å². The van der Waals surface area contributed by atoms with E-state index < -0.39 is 11.7 Å². The first kappa shape index (κ1) is 17.4. The minimum Gasteiger partial charge on any atom is -0.444 e. The number of pyridine rings is 1. The maximum atomic E-state index is 11.9. The second-order valence-corrected chi connectivity index (χ2v) is 8.81. The van der Waals surface area contributed by atoms with Crippen molar-refractivity contribution in [3.05, 3.63) is 29.3 Å². The van der Waals surface area contributed by atoms with E-state index in [1.54, 1.807) is 0 Å². The number of carbonyl (C=O) groups excluding carboxylic acids is 1. The molecule has 1 saturated heterocycles. The van der Waals surface area contributed by atoms with Crippen molar-refractivity contribution in [2.45, 2.75) is 44.6 Å². The van der Waals surface area contributed by atoms with Crippen molar-refractivity contribution in [2.24, 2.45) is 5.92 Å². The van der Waals surface area contributed by atoms with Crippen LogP contribution in [0.3, 0.4) is 0 Å². The van der Waals surface area contributed by atoms with Crippen LogP contribution >= 0.6 is 11.3 Å². The predicted molar refractivity (Wildman–Crippen MR) is 100 cm³/mol. The highest BCUT2D eigenvalue weighted by Crippen LogP contribution is 2.58. The number of rotatable bonds is 3. The number of ether oxygens (including phenoxy) is 2. The zero-order chi connectivity index (χ0) is 18.4. The number of anilines is 1. The van der Waals surface area contributed by atoms with Gasteiger partial charge in [-0.1, -0.05) is 6.07 Å². The Morgan fingerprint density at radius 2 is 2.19 bits per heavy atom. The minimum absolute atomic E-state index is 0.196. The van der Waals surface area contributed by atoms with Crippen LogP contribution in [0.2, 0.25) is 0 Å². The molecule has 2 fully saturated rings. The molecule has 2 aromatic rings. The van der Waals surface area contributed by atoms with Crippen molar-refractivity contribution in [1.82, 2.24) is 9.97 Å². The van der Waals surface area contributed by atoms with Gasteiger partial charge in [0.25, 0.3) is 0 Å². The molecule has 3 heterocycles. The van der Waals surface area contributed by atoms with Gasteiger partial charge in [0.15, 0.2) is 5.13 Å². The number of amides is 1. The molecule has 1 aliphatic carbocycles. The van der Waals surface area contributed by atoms with Gasteiger partial charge in [0.2, 0.25) is 0 Å². The van der Waals surface area contributed by atoms with E-state index in [0.29, 0.717) is 11.0 Å². The summed E-state index contributed by atoms with van der Waals surface area (Å²) in [6, 6.07) is 6.11. The zero-order valence-corrected chi connectivity index (χ0v) is 16.1. The number of fused-ring (bicyclic) bond motifs is 1. The van der Waals surface area contributed by atoms with Gasteiger partial charge in [0.1, 0.15) is 11.3 Å².